The van der Waals surface area contributed by atoms with Gasteiger partial charge in [0.1, 0.15) is 0 Å². The van der Waals surface area contributed by atoms with Gasteiger partial charge in [-0.25, -0.2) is 9.97 Å². The highest BCUT2D eigenvalue weighted by Gasteiger charge is 2.35. The van der Waals surface area contributed by atoms with Crippen molar-refractivity contribution in [3.63, 3.8) is 0 Å². The van der Waals surface area contributed by atoms with Crippen molar-refractivity contribution in [2.45, 2.75) is 12.6 Å². The van der Waals surface area contributed by atoms with Crippen LogP contribution in [0.2, 0.25) is 0 Å². The van der Waals surface area contributed by atoms with Crippen LogP contribution >= 0.6 is 11.3 Å². The lowest BCUT2D eigenvalue weighted by atomic mass is 10.1. The maximum Gasteiger partial charge on any atom is 0.257 e. The summed E-state index contributed by atoms with van der Waals surface area (Å²) in [4.78, 5) is 18.7. The Labute approximate surface area is 199 Å². The molecule has 5 aromatic rings. The van der Waals surface area contributed by atoms with Gasteiger partial charge in [-0.2, -0.15) is 0 Å². The van der Waals surface area contributed by atoms with Gasteiger partial charge in [-0.3, -0.25) is 0 Å². The Morgan fingerprint density at radius 2 is 2.15 bits per heavy atom. The summed E-state index contributed by atoms with van der Waals surface area (Å²) >= 11 is 1.58. The van der Waals surface area contributed by atoms with Crippen LogP contribution < -0.4 is 9.80 Å². The molecular formula is C24H21N7O2S. The van der Waals surface area contributed by atoms with E-state index in [0.29, 0.717) is 37.4 Å². The summed E-state index contributed by atoms with van der Waals surface area (Å²) in [5.41, 5.74) is 3.06. The van der Waals surface area contributed by atoms with Crippen LogP contribution in [0.1, 0.15) is 5.89 Å². The summed E-state index contributed by atoms with van der Waals surface area (Å²) in [6, 6.07) is 12.4. The number of aromatic amines is 1. The molecule has 1 unspecified atom stereocenters. The van der Waals surface area contributed by atoms with Gasteiger partial charge in [-0.15, -0.1) is 21.5 Å². The Morgan fingerprint density at radius 3 is 3.09 bits per heavy atom. The SMILES string of the molecule is c1csc(-c2nnc(CN3CC4COCCN4c4nc(-c5cccc6[nH]ccc56)ncc43)o2)c1. The number of rotatable bonds is 4. The second-order valence-corrected chi connectivity index (χ2v) is 9.38. The highest BCUT2D eigenvalue weighted by atomic mass is 32.1. The number of thiophene rings is 1. The topological polar surface area (TPSA) is 96.2 Å². The highest BCUT2D eigenvalue weighted by Crippen LogP contribution is 2.37. The summed E-state index contributed by atoms with van der Waals surface area (Å²) in [6.45, 7) is 3.43. The van der Waals surface area contributed by atoms with Gasteiger partial charge in [0.15, 0.2) is 11.6 Å². The molecule has 1 N–H and O–H groups in total. The fourth-order valence-electron chi connectivity index (χ4n) is 4.78. The zero-order valence-electron chi connectivity index (χ0n) is 18.2. The minimum atomic E-state index is 0.201. The van der Waals surface area contributed by atoms with Crippen molar-refractivity contribution in [3.05, 3.63) is 60.1 Å². The number of morpholine rings is 1. The molecule has 4 aromatic heterocycles. The predicted molar refractivity (Wildman–Crippen MR) is 130 cm³/mol. The molecule has 1 aromatic carbocycles. The Balaban J connectivity index is 1.27. The fourth-order valence-corrected chi connectivity index (χ4v) is 5.42. The van der Waals surface area contributed by atoms with Crippen molar-refractivity contribution in [2.24, 2.45) is 0 Å². The van der Waals surface area contributed by atoms with Crippen LogP contribution in [-0.4, -0.2) is 57.5 Å². The molecule has 2 aliphatic rings. The van der Waals surface area contributed by atoms with Crippen LogP contribution in [-0.2, 0) is 11.3 Å². The van der Waals surface area contributed by atoms with Crippen LogP contribution in [0.25, 0.3) is 33.1 Å². The van der Waals surface area contributed by atoms with Crippen LogP contribution in [0, 0.1) is 0 Å². The summed E-state index contributed by atoms with van der Waals surface area (Å²) in [6.07, 6.45) is 3.87. The van der Waals surface area contributed by atoms with Gasteiger partial charge in [0, 0.05) is 35.8 Å². The largest absolute Gasteiger partial charge is 0.418 e. The monoisotopic (exact) mass is 471 g/mol. The van der Waals surface area contributed by atoms with E-state index < -0.39 is 0 Å². The van der Waals surface area contributed by atoms with Crippen molar-refractivity contribution in [2.75, 3.05) is 36.1 Å². The summed E-state index contributed by atoms with van der Waals surface area (Å²) in [5, 5.41) is 11.6. The number of aromatic nitrogens is 5. The molecule has 1 saturated heterocycles. The first kappa shape index (κ1) is 19.7. The Morgan fingerprint density at radius 1 is 1.15 bits per heavy atom. The second kappa shape index (κ2) is 7.93. The predicted octanol–water partition coefficient (Wildman–Crippen LogP) is 3.96. The average molecular weight is 472 g/mol. The third-order valence-corrected chi connectivity index (χ3v) is 7.24. The van der Waals surface area contributed by atoms with Gasteiger partial charge < -0.3 is 23.9 Å². The van der Waals surface area contributed by atoms with Crippen molar-refractivity contribution in [3.8, 4) is 22.2 Å². The number of nitrogens with zero attached hydrogens (tertiary/aromatic N) is 6. The van der Waals surface area contributed by atoms with Crippen molar-refractivity contribution in [1.82, 2.24) is 25.1 Å². The van der Waals surface area contributed by atoms with E-state index in [2.05, 4.69) is 43.2 Å². The molecule has 1 fully saturated rings. The molecule has 10 heteroatoms. The van der Waals surface area contributed by atoms with Gasteiger partial charge in [0.05, 0.1) is 42.6 Å². The van der Waals surface area contributed by atoms with Gasteiger partial charge >= 0.3 is 0 Å². The number of fused-ring (bicyclic) bond motifs is 4. The van der Waals surface area contributed by atoms with Crippen LogP contribution in [0.5, 0.6) is 0 Å². The molecule has 0 amide bonds. The first-order valence-electron chi connectivity index (χ1n) is 11.2. The molecule has 0 bridgehead atoms. The highest BCUT2D eigenvalue weighted by molar-refractivity contribution is 7.13. The Kier molecular flexibility index (Phi) is 4.59. The standard InChI is InChI=1S/C24H21N7O2S/c1-3-17(16-6-7-25-18(16)4-1)22-26-11-19-23(27-22)31-8-9-32-14-15(31)12-30(19)13-21-28-29-24(33-21)20-5-2-10-34-20/h1-7,10-11,15,25H,8-9,12-14H2. The van der Waals surface area contributed by atoms with Gasteiger partial charge in [0.25, 0.3) is 5.89 Å². The number of ether oxygens (including phenoxy) is 1. The van der Waals surface area contributed by atoms with Crippen molar-refractivity contribution < 1.29 is 9.15 Å². The summed E-state index contributed by atoms with van der Waals surface area (Å²) in [7, 11) is 0. The minimum Gasteiger partial charge on any atom is -0.418 e. The number of hydrogen-bond donors (Lipinski definition) is 1. The molecule has 0 aliphatic carbocycles. The minimum absolute atomic E-state index is 0.201. The van der Waals surface area contributed by atoms with E-state index in [4.69, 9.17) is 19.1 Å². The summed E-state index contributed by atoms with van der Waals surface area (Å²) in [5.74, 6) is 2.76. The number of nitrogens with one attached hydrogen (secondary N) is 1. The van der Waals surface area contributed by atoms with Crippen molar-refractivity contribution >= 4 is 33.7 Å². The Hall–Kier alpha value is -3.76. The van der Waals surface area contributed by atoms with E-state index in [9.17, 15) is 0 Å². The number of H-pyrrole nitrogens is 1. The third kappa shape index (κ3) is 3.25. The average Bonchev–Trinajstić information content (AvgIpc) is 3.65. The van der Waals surface area contributed by atoms with Crippen LogP contribution in [0.3, 0.4) is 0 Å². The van der Waals surface area contributed by atoms with E-state index in [1.54, 1.807) is 11.3 Å². The molecule has 7 rings (SSSR count). The Bertz CT molecular complexity index is 1460. The molecule has 6 heterocycles. The van der Waals surface area contributed by atoms with Gasteiger partial charge in [-0.1, -0.05) is 18.2 Å². The van der Waals surface area contributed by atoms with Gasteiger partial charge in [0.2, 0.25) is 5.89 Å². The summed E-state index contributed by atoms with van der Waals surface area (Å²) < 4.78 is 11.8. The first-order chi connectivity index (χ1) is 16.8. The third-order valence-electron chi connectivity index (χ3n) is 6.38. The number of hydrogen-bond acceptors (Lipinski definition) is 9. The van der Waals surface area contributed by atoms with E-state index in [0.717, 1.165) is 45.9 Å². The van der Waals surface area contributed by atoms with E-state index in [-0.39, 0.29) is 6.04 Å². The smallest absolute Gasteiger partial charge is 0.257 e. The molecule has 1 atom stereocenters. The zero-order valence-corrected chi connectivity index (χ0v) is 19.0. The van der Waals surface area contributed by atoms with Crippen LogP contribution in [0.15, 0.2) is 58.6 Å². The number of anilines is 2. The lowest BCUT2D eigenvalue weighted by molar-refractivity contribution is 0.0934. The zero-order chi connectivity index (χ0) is 22.5. The maximum atomic E-state index is 5.97. The van der Waals surface area contributed by atoms with Gasteiger partial charge in [-0.05, 0) is 23.6 Å². The lowest BCUT2D eigenvalue weighted by Crippen LogP contribution is -2.55. The second-order valence-electron chi connectivity index (χ2n) is 8.43. The molecule has 2 aliphatic heterocycles. The molecule has 0 radical (unpaired) electrons. The number of benzene rings is 1. The molecule has 0 spiro atoms. The lowest BCUT2D eigenvalue weighted by Gasteiger charge is -2.45. The van der Waals surface area contributed by atoms with Crippen molar-refractivity contribution in [1.29, 1.82) is 0 Å². The van der Waals surface area contributed by atoms with E-state index in [1.807, 2.05) is 36.0 Å². The van der Waals surface area contributed by atoms with E-state index in [1.165, 1.54) is 0 Å². The molecular weight excluding hydrogens is 450 g/mol. The normalized spacial score (nSPS) is 17.7. The van der Waals surface area contributed by atoms with E-state index >= 15 is 0 Å². The fraction of sp³-hybridized carbons (Fsp3) is 0.250. The molecule has 0 saturated carbocycles. The molecule has 170 valence electrons. The van der Waals surface area contributed by atoms with Crippen LogP contribution in [0.4, 0.5) is 11.5 Å². The maximum absolute atomic E-state index is 5.97. The molecule has 9 nitrogen and oxygen atoms in total. The molecule has 34 heavy (non-hydrogen) atoms. The first-order valence-corrected chi connectivity index (χ1v) is 12.1. The quantitative estimate of drug-likeness (QED) is 0.421.